The highest BCUT2D eigenvalue weighted by Gasteiger charge is 2.37. The number of aromatic nitrogens is 1. The molecule has 3 unspecified atom stereocenters. The van der Waals surface area contributed by atoms with Gasteiger partial charge >= 0.3 is 6.18 Å². The van der Waals surface area contributed by atoms with Crippen molar-refractivity contribution in [2.45, 2.75) is 71.6 Å². The van der Waals surface area contributed by atoms with Crippen LogP contribution in [0.4, 0.5) is 19.0 Å². The molecule has 1 fully saturated rings. The minimum absolute atomic E-state index is 0.0171. The third-order valence-corrected chi connectivity index (χ3v) is 7.05. The number of halogens is 3. The fourth-order valence-corrected chi connectivity index (χ4v) is 5.06. The number of hydrazone groups is 1. The van der Waals surface area contributed by atoms with E-state index >= 15 is 0 Å². The Morgan fingerprint density at radius 1 is 1.32 bits per heavy atom. The lowest BCUT2D eigenvalue weighted by Gasteiger charge is -2.34. The molecule has 0 bridgehead atoms. The van der Waals surface area contributed by atoms with E-state index < -0.39 is 11.7 Å². The number of allylic oxidation sites excluding steroid dienone is 2. The van der Waals surface area contributed by atoms with Crippen molar-refractivity contribution in [1.82, 2.24) is 15.3 Å². The summed E-state index contributed by atoms with van der Waals surface area (Å²) in [6.45, 7) is 8.30. The second-order valence-corrected chi connectivity index (χ2v) is 9.84. The van der Waals surface area contributed by atoms with Gasteiger partial charge in [-0.05, 0) is 56.7 Å². The smallest absolute Gasteiger partial charge is 0.385 e. The summed E-state index contributed by atoms with van der Waals surface area (Å²) in [5.41, 5.74) is 4.59. The second-order valence-electron chi connectivity index (χ2n) is 9.84. The van der Waals surface area contributed by atoms with E-state index in [1.165, 1.54) is 12.3 Å². The minimum atomic E-state index is -4.45. The van der Waals surface area contributed by atoms with Crippen LogP contribution in [0, 0.1) is 17.2 Å². The molecule has 1 saturated carbocycles. The number of likely N-dealkylation sites (N-methyl/N-ethyl adjacent to an activating group) is 1. The van der Waals surface area contributed by atoms with Crippen molar-refractivity contribution in [1.29, 1.82) is 5.41 Å². The fourth-order valence-electron chi connectivity index (χ4n) is 5.06. The number of hydrogen-bond acceptors (Lipinski definition) is 7. The molecule has 202 valence electrons. The molecule has 10 heteroatoms. The molecule has 2 heterocycles. The topological polar surface area (TPSA) is 76.8 Å². The van der Waals surface area contributed by atoms with Crippen LogP contribution >= 0.6 is 0 Å². The first-order valence-electron chi connectivity index (χ1n) is 12.7. The predicted octanol–water partition coefficient (Wildman–Crippen LogP) is 6.28. The van der Waals surface area contributed by atoms with Crippen molar-refractivity contribution in [2.24, 2.45) is 16.9 Å². The summed E-state index contributed by atoms with van der Waals surface area (Å²) in [5, 5.41) is 12.9. The maximum Gasteiger partial charge on any atom is 0.417 e. The van der Waals surface area contributed by atoms with E-state index in [0.29, 0.717) is 17.7 Å². The first-order chi connectivity index (χ1) is 17.6. The lowest BCUT2D eigenvalue weighted by molar-refractivity contribution is -0.137. The molecular formula is C27H37F3N6O. The monoisotopic (exact) mass is 518 g/mol. The molecule has 0 aromatic carbocycles. The maximum atomic E-state index is 13.2. The molecule has 0 amide bonds. The summed E-state index contributed by atoms with van der Waals surface area (Å²) < 4.78 is 39.5. The van der Waals surface area contributed by atoms with Crippen LogP contribution in [0.15, 0.2) is 58.8 Å². The number of rotatable bonds is 10. The molecule has 37 heavy (non-hydrogen) atoms. The first-order valence-corrected chi connectivity index (χ1v) is 12.7. The first kappa shape index (κ1) is 28.3. The van der Waals surface area contributed by atoms with E-state index in [2.05, 4.69) is 41.2 Å². The summed E-state index contributed by atoms with van der Waals surface area (Å²) in [6, 6.07) is 2.54. The van der Waals surface area contributed by atoms with Crippen LogP contribution in [0.3, 0.4) is 0 Å². The quantitative estimate of drug-likeness (QED) is 0.216. The van der Waals surface area contributed by atoms with Gasteiger partial charge in [0.25, 0.3) is 0 Å². The van der Waals surface area contributed by atoms with E-state index in [1.54, 1.807) is 11.3 Å². The Bertz CT molecular complexity index is 1050. The van der Waals surface area contributed by atoms with E-state index in [4.69, 9.17) is 10.2 Å². The number of pyridine rings is 1. The maximum absolute atomic E-state index is 13.2. The van der Waals surface area contributed by atoms with Crippen LogP contribution in [-0.2, 0) is 11.0 Å². The molecule has 0 saturated heterocycles. The Morgan fingerprint density at radius 2 is 2.08 bits per heavy atom. The van der Waals surface area contributed by atoms with E-state index in [0.717, 1.165) is 61.1 Å². The summed E-state index contributed by atoms with van der Waals surface area (Å²) in [5.74, 6) is 1.18. The van der Waals surface area contributed by atoms with Crippen LogP contribution in [-0.4, -0.2) is 41.4 Å². The number of nitrogens with one attached hydrogen (secondary N) is 2. The Balaban J connectivity index is 1.95. The van der Waals surface area contributed by atoms with Gasteiger partial charge < -0.3 is 15.1 Å². The zero-order chi connectivity index (χ0) is 27.2. The molecular weight excluding hydrogens is 481 g/mol. The third kappa shape index (κ3) is 6.93. The average Bonchev–Trinajstić information content (AvgIpc) is 3.21. The zero-order valence-corrected chi connectivity index (χ0v) is 22.1. The van der Waals surface area contributed by atoms with Gasteiger partial charge in [0.1, 0.15) is 6.26 Å². The number of hydrogen-bond donors (Lipinski definition) is 2. The summed E-state index contributed by atoms with van der Waals surface area (Å²) in [6.07, 6.45) is 8.55. The van der Waals surface area contributed by atoms with Crippen LogP contribution in [0.2, 0.25) is 0 Å². The number of alkyl halides is 3. The van der Waals surface area contributed by atoms with Gasteiger partial charge in [0.05, 0.1) is 29.2 Å². The van der Waals surface area contributed by atoms with Crippen LogP contribution < -0.4 is 10.5 Å². The van der Waals surface area contributed by atoms with Gasteiger partial charge in [0.2, 0.25) is 0 Å². The third-order valence-electron chi connectivity index (χ3n) is 7.05. The molecule has 1 aliphatic heterocycles. The van der Waals surface area contributed by atoms with Crippen molar-refractivity contribution in [2.75, 3.05) is 12.1 Å². The molecule has 4 atom stereocenters. The lowest BCUT2D eigenvalue weighted by Crippen LogP contribution is -2.37. The van der Waals surface area contributed by atoms with Crippen molar-refractivity contribution in [3.8, 4) is 0 Å². The van der Waals surface area contributed by atoms with Crippen molar-refractivity contribution >= 4 is 18.2 Å². The number of anilines is 1. The lowest BCUT2D eigenvalue weighted by atomic mass is 10.0. The molecule has 1 aromatic rings. The average molecular weight is 519 g/mol. The van der Waals surface area contributed by atoms with Gasteiger partial charge in [-0.15, -0.1) is 0 Å². The standard InChI is InChI=1S/C27H37F3N6O/c1-6-7-21-14-18(2)24(15-21)36(25-11-9-22(16-32-25)27(28,29)30)37-17-19(3)26-23(34-33-13-12-31)10-8-20(4)35(26)5/h8-13,16-18,20-21,24,31,34H,6-7,14-15H2,1-5H3/b19-17+,31-12?,33-13-/t18-,20?,21?,24?/m1/s1. The van der Waals surface area contributed by atoms with Crippen molar-refractivity contribution < 1.29 is 18.0 Å². The molecule has 2 N–H and O–H groups in total. The highest BCUT2D eigenvalue weighted by molar-refractivity contribution is 6.14. The summed E-state index contributed by atoms with van der Waals surface area (Å²) in [7, 11) is 1.96. The minimum Gasteiger partial charge on any atom is -0.385 e. The van der Waals surface area contributed by atoms with Gasteiger partial charge in [-0.2, -0.15) is 23.3 Å². The van der Waals surface area contributed by atoms with E-state index in [1.807, 2.05) is 26.1 Å². The van der Waals surface area contributed by atoms with Gasteiger partial charge in [-0.3, -0.25) is 5.43 Å². The Kier molecular flexibility index (Phi) is 9.39. The van der Waals surface area contributed by atoms with Crippen LogP contribution in [0.25, 0.3) is 0 Å². The number of nitrogens with zero attached hydrogens (tertiary/aromatic N) is 4. The van der Waals surface area contributed by atoms with Gasteiger partial charge in [0, 0.05) is 31.1 Å². The van der Waals surface area contributed by atoms with Gasteiger partial charge in [-0.1, -0.05) is 32.8 Å². The normalized spacial score (nSPS) is 24.6. The highest BCUT2D eigenvalue weighted by atomic mass is 19.4. The van der Waals surface area contributed by atoms with Crippen molar-refractivity contribution in [3.05, 3.63) is 59.3 Å². The largest absolute Gasteiger partial charge is 0.417 e. The highest BCUT2D eigenvalue weighted by Crippen LogP contribution is 2.39. The predicted molar refractivity (Wildman–Crippen MR) is 141 cm³/mol. The van der Waals surface area contributed by atoms with Crippen LogP contribution in [0.1, 0.15) is 58.9 Å². The fraction of sp³-hybridized carbons (Fsp3) is 0.519. The van der Waals surface area contributed by atoms with E-state index in [9.17, 15) is 13.2 Å². The summed E-state index contributed by atoms with van der Waals surface area (Å²) >= 11 is 0. The Hall–Kier alpha value is -3.30. The second kappa shape index (κ2) is 12.3. The van der Waals surface area contributed by atoms with Gasteiger partial charge in [0.15, 0.2) is 5.82 Å². The van der Waals surface area contributed by atoms with Gasteiger partial charge in [-0.25, -0.2) is 4.98 Å². The molecule has 0 spiro atoms. The Labute approximate surface area is 217 Å². The molecule has 3 rings (SSSR count). The van der Waals surface area contributed by atoms with Crippen LogP contribution in [0.5, 0.6) is 0 Å². The molecule has 0 radical (unpaired) electrons. The molecule has 1 aliphatic carbocycles. The molecule has 1 aromatic heterocycles. The SMILES string of the molecule is CCCC1CC(N(O/C=C(\C)C2=C(N/N=C\C=N)C=CC(C)N2C)c2ccc(C(F)(F)F)cn2)[C@H](C)C1. The summed E-state index contributed by atoms with van der Waals surface area (Å²) in [4.78, 5) is 12.5. The van der Waals surface area contributed by atoms with Crippen molar-refractivity contribution in [3.63, 3.8) is 0 Å². The molecule has 2 aliphatic rings. The number of hydroxylamine groups is 1. The zero-order valence-electron chi connectivity index (χ0n) is 22.1. The molecule has 7 nitrogen and oxygen atoms in total. The van der Waals surface area contributed by atoms with E-state index in [-0.39, 0.29) is 12.1 Å². The Morgan fingerprint density at radius 3 is 2.70 bits per heavy atom.